The van der Waals surface area contributed by atoms with E-state index in [0.29, 0.717) is 24.3 Å². The van der Waals surface area contributed by atoms with E-state index in [-0.39, 0.29) is 12.4 Å². The monoisotopic (exact) mass is 273 g/mol. The van der Waals surface area contributed by atoms with Gasteiger partial charge in [0.1, 0.15) is 17.4 Å². The smallest absolute Gasteiger partial charge is 0.135 e. The Hall–Kier alpha value is -2.32. The lowest BCUT2D eigenvalue weighted by Gasteiger charge is -2.08. The molecule has 0 aliphatic rings. The molecule has 0 fully saturated rings. The van der Waals surface area contributed by atoms with Gasteiger partial charge in [-0.1, -0.05) is 11.8 Å². The highest BCUT2D eigenvalue weighted by Crippen LogP contribution is 2.19. The third-order valence-corrected chi connectivity index (χ3v) is 2.77. The van der Waals surface area contributed by atoms with E-state index < -0.39 is 0 Å². The lowest BCUT2D eigenvalue weighted by molar-refractivity contribution is 0.316. The van der Waals surface area contributed by atoms with Gasteiger partial charge in [0.2, 0.25) is 0 Å². The lowest BCUT2D eigenvalue weighted by Crippen LogP contribution is -2.07. The van der Waals surface area contributed by atoms with Crippen LogP contribution in [0.5, 0.6) is 5.75 Å². The van der Waals surface area contributed by atoms with Crippen LogP contribution in [0, 0.1) is 17.7 Å². The number of nitrogens with two attached hydrogens (primary N) is 1. The van der Waals surface area contributed by atoms with Gasteiger partial charge in [-0.3, -0.25) is 0 Å². The van der Waals surface area contributed by atoms with Crippen LogP contribution in [0.15, 0.2) is 30.6 Å². The second-order valence-corrected chi connectivity index (χ2v) is 4.20. The summed E-state index contributed by atoms with van der Waals surface area (Å²) in [6.07, 6.45) is 4.29. The zero-order valence-electron chi connectivity index (χ0n) is 11.3. The molecule has 0 amide bonds. The minimum atomic E-state index is -0.345. The van der Waals surface area contributed by atoms with Gasteiger partial charge in [-0.05, 0) is 18.2 Å². The molecule has 0 unspecified atom stereocenters. The Morgan fingerprint density at radius 3 is 3.00 bits per heavy atom. The summed E-state index contributed by atoms with van der Waals surface area (Å²) >= 11 is 0. The molecule has 0 saturated heterocycles. The van der Waals surface area contributed by atoms with Gasteiger partial charge in [0, 0.05) is 25.9 Å². The van der Waals surface area contributed by atoms with Crippen molar-refractivity contribution in [2.24, 2.45) is 12.8 Å². The van der Waals surface area contributed by atoms with Crippen LogP contribution in [0.1, 0.15) is 11.4 Å². The molecule has 104 valence electrons. The molecule has 5 heteroatoms. The van der Waals surface area contributed by atoms with E-state index in [0.717, 1.165) is 5.82 Å². The van der Waals surface area contributed by atoms with Gasteiger partial charge < -0.3 is 15.0 Å². The first-order valence-corrected chi connectivity index (χ1v) is 6.28. The number of aromatic nitrogens is 2. The Morgan fingerprint density at radius 1 is 1.45 bits per heavy atom. The third-order valence-electron chi connectivity index (χ3n) is 2.77. The molecule has 0 atom stereocenters. The second kappa shape index (κ2) is 6.73. The van der Waals surface area contributed by atoms with Crippen LogP contribution in [0.3, 0.4) is 0 Å². The molecule has 20 heavy (non-hydrogen) atoms. The predicted molar refractivity (Wildman–Crippen MR) is 74.7 cm³/mol. The van der Waals surface area contributed by atoms with Crippen LogP contribution in [0.2, 0.25) is 0 Å². The number of halogens is 1. The molecule has 2 aromatic rings. The molecule has 0 radical (unpaired) electrons. The molecule has 0 aliphatic heterocycles. The SMILES string of the molecule is Cn1ccnc1CCOc1ccc(F)cc1C#CCN. The van der Waals surface area contributed by atoms with Crippen molar-refractivity contribution in [3.63, 3.8) is 0 Å². The van der Waals surface area contributed by atoms with E-state index in [2.05, 4.69) is 16.8 Å². The van der Waals surface area contributed by atoms with E-state index in [1.165, 1.54) is 12.1 Å². The fourth-order valence-corrected chi connectivity index (χ4v) is 1.76. The Labute approximate surface area is 117 Å². The van der Waals surface area contributed by atoms with Crippen molar-refractivity contribution in [2.45, 2.75) is 6.42 Å². The molecule has 1 aromatic carbocycles. The Morgan fingerprint density at radius 2 is 2.30 bits per heavy atom. The first-order chi connectivity index (χ1) is 9.70. The number of nitrogens with zero attached hydrogens (tertiary/aromatic N) is 2. The van der Waals surface area contributed by atoms with Crippen molar-refractivity contribution >= 4 is 0 Å². The molecular weight excluding hydrogens is 257 g/mol. The Kier molecular flexibility index (Phi) is 4.75. The average Bonchev–Trinajstić information content (AvgIpc) is 2.84. The van der Waals surface area contributed by atoms with Crippen molar-refractivity contribution in [2.75, 3.05) is 13.2 Å². The summed E-state index contributed by atoms with van der Waals surface area (Å²) in [6.45, 7) is 0.678. The number of benzene rings is 1. The average molecular weight is 273 g/mol. The minimum absolute atomic E-state index is 0.225. The standard InChI is InChI=1S/C15H16FN3O/c1-19-9-8-18-15(19)6-10-20-14-5-4-13(16)11-12(14)3-2-7-17/h4-5,8-9,11H,6-7,10,17H2,1H3. The summed E-state index contributed by atoms with van der Waals surface area (Å²) in [6, 6.07) is 4.27. The van der Waals surface area contributed by atoms with Crippen molar-refractivity contribution in [3.05, 3.63) is 47.8 Å². The molecule has 0 spiro atoms. The fraction of sp³-hybridized carbons (Fsp3) is 0.267. The van der Waals surface area contributed by atoms with Crippen LogP contribution in [-0.2, 0) is 13.5 Å². The zero-order valence-corrected chi connectivity index (χ0v) is 11.3. The normalized spacial score (nSPS) is 9.95. The number of hydrogen-bond acceptors (Lipinski definition) is 3. The number of ether oxygens (including phenoxy) is 1. The summed E-state index contributed by atoms with van der Waals surface area (Å²) in [5, 5.41) is 0. The summed E-state index contributed by atoms with van der Waals surface area (Å²) in [7, 11) is 1.93. The maximum Gasteiger partial charge on any atom is 0.135 e. The van der Waals surface area contributed by atoms with Crippen molar-refractivity contribution < 1.29 is 9.13 Å². The molecule has 0 saturated carbocycles. The van der Waals surface area contributed by atoms with E-state index in [1.54, 1.807) is 12.3 Å². The van der Waals surface area contributed by atoms with Crippen molar-refractivity contribution in [3.8, 4) is 17.6 Å². The fourth-order valence-electron chi connectivity index (χ4n) is 1.76. The number of aryl methyl sites for hydroxylation is 1. The van der Waals surface area contributed by atoms with Crippen LogP contribution in [0.25, 0.3) is 0 Å². The molecular formula is C15H16FN3O. The molecule has 1 aromatic heterocycles. The summed E-state index contributed by atoms with van der Waals surface area (Å²) < 4.78 is 20.8. The van der Waals surface area contributed by atoms with Gasteiger partial charge in [0.05, 0.1) is 18.7 Å². The van der Waals surface area contributed by atoms with Gasteiger partial charge in [0.15, 0.2) is 0 Å². The Balaban J connectivity index is 2.03. The van der Waals surface area contributed by atoms with E-state index in [9.17, 15) is 4.39 Å². The topological polar surface area (TPSA) is 53.1 Å². The van der Waals surface area contributed by atoms with Crippen LogP contribution < -0.4 is 10.5 Å². The van der Waals surface area contributed by atoms with E-state index in [1.807, 2.05) is 17.8 Å². The molecule has 0 aliphatic carbocycles. The van der Waals surface area contributed by atoms with Crippen LogP contribution in [-0.4, -0.2) is 22.7 Å². The Bertz CT molecular complexity index is 640. The van der Waals surface area contributed by atoms with Crippen LogP contribution >= 0.6 is 0 Å². The van der Waals surface area contributed by atoms with Gasteiger partial charge in [-0.15, -0.1) is 0 Å². The minimum Gasteiger partial charge on any atom is -0.492 e. The number of imidazole rings is 1. The molecule has 4 nitrogen and oxygen atoms in total. The number of rotatable bonds is 4. The first kappa shape index (κ1) is 14.1. The highest BCUT2D eigenvalue weighted by Gasteiger charge is 2.05. The quantitative estimate of drug-likeness (QED) is 0.859. The zero-order chi connectivity index (χ0) is 14.4. The lowest BCUT2D eigenvalue weighted by atomic mass is 10.2. The summed E-state index contributed by atoms with van der Waals surface area (Å²) in [4.78, 5) is 4.21. The molecule has 1 heterocycles. The highest BCUT2D eigenvalue weighted by atomic mass is 19.1. The third kappa shape index (κ3) is 3.59. The van der Waals surface area contributed by atoms with Crippen molar-refractivity contribution in [1.29, 1.82) is 0 Å². The van der Waals surface area contributed by atoms with Gasteiger partial charge in [-0.2, -0.15) is 0 Å². The predicted octanol–water partition coefficient (Wildman–Crippen LogP) is 1.49. The summed E-state index contributed by atoms with van der Waals surface area (Å²) in [5.41, 5.74) is 5.84. The van der Waals surface area contributed by atoms with E-state index in [4.69, 9.17) is 10.5 Å². The number of hydrogen-bond donors (Lipinski definition) is 1. The van der Waals surface area contributed by atoms with Crippen molar-refractivity contribution in [1.82, 2.24) is 9.55 Å². The first-order valence-electron chi connectivity index (χ1n) is 6.28. The van der Waals surface area contributed by atoms with Gasteiger partial charge in [-0.25, -0.2) is 9.37 Å². The maximum absolute atomic E-state index is 13.2. The molecule has 2 rings (SSSR count). The molecule has 2 N–H and O–H groups in total. The summed E-state index contributed by atoms with van der Waals surface area (Å²) in [5.74, 6) is 6.65. The van der Waals surface area contributed by atoms with E-state index >= 15 is 0 Å². The second-order valence-electron chi connectivity index (χ2n) is 4.20. The van der Waals surface area contributed by atoms with Crippen LogP contribution in [0.4, 0.5) is 4.39 Å². The van der Waals surface area contributed by atoms with Gasteiger partial charge in [0.25, 0.3) is 0 Å². The van der Waals surface area contributed by atoms with Gasteiger partial charge >= 0.3 is 0 Å². The maximum atomic E-state index is 13.2. The highest BCUT2D eigenvalue weighted by molar-refractivity contribution is 5.46. The molecule has 0 bridgehead atoms. The largest absolute Gasteiger partial charge is 0.492 e.